The second-order valence-electron chi connectivity index (χ2n) is 6.93. The highest BCUT2D eigenvalue weighted by atomic mass is 32.2. The van der Waals surface area contributed by atoms with E-state index in [4.69, 9.17) is 4.74 Å². The van der Waals surface area contributed by atoms with Gasteiger partial charge in [-0.25, -0.2) is 13.2 Å². The third-order valence-electron chi connectivity index (χ3n) is 4.34. The van der Waals surface area contributed by atoms with Gasteiger partial charge in [0.2, 0.25) is 0 Å². The molecule has 0 bridgehead atoms. The van der Waals surface area contributed by atoms with Gasteiger partial charge in [-0.3, -0.25) is 4.72 Å². The fourth-order valence-electron chi connectivity index (χ4n) is 3.09. The largest absolute Gasteiger partial charge is 0.459 e. The average molecular weight is 394 g/mol. The number of nitrogens with one attached hydrogen (secondary N) is 1. The molecule has 1 heterocycles. The van der Waals surface area contributed by atoms with Crippen molar-refractivity contribution in [3.05, 3.63) is 46.3 Å². The molecule has 5 nitrogen and oxygen atoms in total. The van der Waals surface area contributed by atoms with Crippen LogP contribution in [-0.4, -0.2) is 20.5 Å². The zero-order valence-corrected chi connectivity index (χ0v) is 16.7. The third-order valence-corrected chi connectivity index (χ3v) is 7.00. The van der Waals surface area contributed by atoms with Crippen molar-refractivity contribution in [2.24, 2.45) is 5.92 Å². The van der Waals surface area contributed by atoms with Crippen LogP contribution < -0.4 is 4.72 Å². The number of carbonyl (C=O) groups is 1. The van der Waals surface area contributed by atoms with Gasteiger partial charge in [0.1, 0.15) is 5.00 Å². The molecule has 0 amide bonds. The number of hydrogen-bond donors (Lipinski definition) is 1. The lowest BCUT2D eigenvalue weighted by Crippen LogP contribution is -2.18. The summed E-state index contributed by atoms with van der Waals surface area (Å²) in [6, 6.07) is 8.16. The Labute approximate surface area is 158 Å². The molecular formula is C19H23NO4S2. The fourth-order valence-corrected chi connectivity index (χ4v) is 5.82. The summed E-state index contributed by atoms with van der Waals surface area (Å²) >= 11 is 1.35. The molecule has 0 saturated carbocycles. The quantitative estimate of drug-likeness (QED) is 0.771. The molecule has 1 N–H and O–H groups in total. The Bertz CT molecular complexity index is 901. The second-order valence-corrected chi connectivity index (χ2v) is 9.72. The lowest BCUT2D eigenvalue weighted by atomic mass is 9.88. The van der Waals surface area contributed by atoms with E-state index in [1.165, 1.54) is 23.5 Å². The van der Waals surface area contributed by atoms with Crippen LogP contribution in [0.25, 0.3) is 0 Å². The Balaban J connectivity index is 2.02. The van der Waals surface area contributed by atoms with E-state index in [0.29, 0.717) is 16.5 Å². The smallest absolute Gasteiger partial charge is 0.341 e. The predicted molar refractivity (Wildman–Crippen MR) is 103 cm³/mol. The summed E-state index contributed by atoms with van der Waals surface area (Å²) in [4.78, 5) is 13.9. The van der Waals surface area contributed by atoms with Crippen molar-refractivity contribution in [2.75, 3.05) is 4.72 Å². The van der Waals surface area contributed by atoms with E-state index >= 15 is 0 Å². The van der Waals surface area contributed by atoms with E-state index in [0.717, 1.165) is 29.7 Å². The molecule has 1 aliphatic carbocycles. The highest BCUT2D eigenvalue weighted by Crippen LogP contribution is 2.41. The summed E-state index contributed by atoms with van der Waals surface area (Å²) in [5, 5.41) is 0.360. The highest BCUT2D eigenvalue weighted by Gasteiger charge is 2.30. The highest BCUT2D eigenvalue weighted by molar-refractivity contribution is 7.93. The average Bonchev–Trinajstić information content (AvgIpc) is 2.91. The van der Waals surface area contributed by atoms with Gasteiger partial charge in [-0.05, 0) is 56.7 Å². The normalized spacial score (nSPS) is 17.0. The number of sulfonamides is 1. The molecule has 1 atom stereocenters. The van der Waals surface area contributed by atoms with Gasteiger partial charge in [-0.2, -0.15) is 0 Å². The van der Waals surface area contributed by atoms with Crippen molar-refractivity contribution in [3.8, 4) is 0 Å². The van der Waals surface area contributed by atoms with Crippen LogP contribution in [0.15, 0.2) is 35.2 Å². The molecule has 7 heteroatoms. The first-order valence-corrected chi connectivity index (χ1v) is 11.0. The van der Waals surface area contributed by atoms with E-state index in [1.54, 1.807) is 32.0 Å². The monoisotopic (exact) mass is 393 g/mol. The Hall–Kier alpha value is -1.86. The molecule has 1 aromatic carbocycles. The summed E-state index contributed by atoms with van der Waals surface area (Å²) < 4.78 is 33.4. The SMILES string of the molecule is CC(C)OC(=O)c1c(NS(=O)(=O)c2ccccc2)sc2c1CC[C@H](C)C2. The number of benzene rings is 1. The Kier molecular flexibility index (Phi) is 5.39. The first-order valence-electron chi connectivity index (χ1n) is 8.71. The molecule has 0 radical (unpaired) electrons. The maximum absolute atomic E-state index is 12.7. The van der Waals surface area contributed by atoms with Crippen LogP contribution in [0.3, 0.4) is 0 Å². The van der Waals surface area contributed by atoms with Crippen LogP contribution in [0, 0.1) is 5.92 Å². The van der Waals surface area contributed by atoms with Gasteiger partial charge in [0.25, 0.3) is 10.0 Å². The summed E-state index contributed by atoms with van der Waals surface area (Å²) in [6.45, 7) is 5.74. The summed E-state index contributed by atoms with van der Waals surface area (Å²) in [7, 11) is -3.76. The minimum absolute atomic E-state index is 0.169. The molecule has 0 aliphatic heterocycles. The van der Waals surface area contributed by atoms with Crippen LogP contribution in [0.4, 0.5) is 5.00 Å². The topological polar surface area (TPSA) is 72.5 Å². The van der Waals surface area contributed by atoms with Crippen molar-refractivity contribution >= 4 is 32.3 Å². The van der Waals surface area contributed by atoms with E-state index in [-0.39, 0.29) is 11.0 Å². The van der Waals surface area contributed by atoms with Crippen LogP contribution >= 0.6 is 11.3 Å². The molecule has 3 rings (SSSR count). The first-order chi connectivity index (χ1) is 12.3. The summed E-state index contributed by atoms with van der Waals surface area (Å²) in [6.07, 6.45) is 2.34. The number of anilines is 1. The zero-order chi connectivity index (χ0) is 18.9. The van der Waals surface area contributed by atoms with Crippen molar-refractivity contribution in [1.82, 2.24) is 0 Å². The van der Waals surface area contributed by atoms with Crippen molar-refractivity contribution in [1.29, 1.82) is 0 Å². The molecule has 0 spiro atoms. The number of hydrogen-bond acceptors (Lipinski definition) is 5. The molecule has 1 aliphatic rings. The van der Waals surface area contributed by atoms with Gasteiger partial charge >= 0.3 is 5.97 Å². The number of carbonyl (C=O) groups excluding carboxylic acids is 1. The molecule has 0 fully saturated rings. The Morgan fingerprint density at radius 3 is 2.62 bits per heavy atom. The van der Waals surface area contributed by atoms with Crippen LogP contribution in [0.5, 0.6) is 0 Å². The standard InChI is InChI=1S/C19H23NO4S2/c1-12(2)24-19(21)17-15-10-9-13(3)11-16(15)25-18(17)20-26(22,23)14-7-5-4-6-8-14/h4-8,12-13,20H,9-11H2,1-3H3/t13-/m0/s1. The van der Waals surface area contributed by atoms with Crippen molar-refractivity contribution in [3.63, 3.8) is 0 Å². The molecule has 0 unspecified atom stereocenters. The van der Waals surface area contributed by atoms with Gasteiger partial charge in [0.05, 0.1) is 16.6 Å². The van der Waals surface area contributed by atoms with E-state index in [9.17, 15) is 13.2 Å². The van der Waals surface area contributed by atoms with Crippen LogP contribution in [0.1, 0.15) is 48.0 Å². The van der Waals surface area contributed by atoms with Crippen molar-refractivity contribution in [2.45, 2.75) is 51.0 Å². The predicted octanol–water partition coefficient (Wildman–Crippen LogP) is 4.24. The van der Waals surface area contributed by atoms with Gasteiger partial charge in [-0.1, -0.05) is 25.1 Å². The number of ether oxygens (including phenoxy) is 1. The van der Waals surface area contributed by atoms with Gasteiger partial charge in [-0.15, -0.1) is 11.3 Å². The molecule has 1 aromatic heterocycles. The zero-order valence-electron chi connectivity index (χ0n) is 15.1. The molecule has 140 valence electrons. The maximum Gasteiger partial charge on any atom is 0.341 e. The Morgan fingerprint density at radius 1 is 1.27 bits per heavy atom. The lowest BCUT2D eigenvalue weighted by molar-refractivity contribution is 0.0378. The number of rotatable bonds is 5. The molecule has 2 aromatic rings. The van der Waals surface area contributed by atoms with E-state index in [2.05, 4.69) is 11.6 Å². The summed E-state index contributed by atoms with van der Waals surface area (Å²) in [5.74, 6) is 0.0616. The van der Waals surface area contributed by atoms with Crippen molar-refractivity contribution < 1.29 is 17.9 Å². The van der Waals surface area contributed by atoms with Crippen LogP contribution in [0.2, 0.25) is 0 Å². The van der Waals surface area contributed by atoms with Gasteiger partial charge in [0, 0.05) is 4.88 Å². The second kappa shape index (κ2) is 7.40. The minimum atomic E-state index is -3.76. The minimum Gasteiger partial charge on any atom is -0.459 e. The number of thiophene rings is 1. The first kappa shape index (κ1) is 18.9. The lowest BCUT2D eigenvalue weighted by Gasteiger charge is -2.19. The fraction of sp³-hybridized carbons (Fsp3) is 0.421. The third kappa shape index (κ3) is 3.94. The van der Waals surface area contributed by atoms with E-state index in [1.807, 2.05) is 0 Å². The summed E-state index contributed by atoms with van der Waals surface area (Å²) in [5.41, 5.74) is 1.31. The molecule has 26 heavy (non-hydrogen) atoms. The Morgan fingerprint density at radius 2 is 1.96 bits per heavy atom. The molecule has 0 saturated heterocycles. The van der Waals surface area contributed by atoms with E-state index < -0.39 is 16.0 Å². The number of esters is 1. The number of fused-ring (bicyclic) bond motifs is 1. The van der Waals surface area contributed by atoms with Gasteiger partial charge < -0.3 is 4.74 Å². The maximum atomic E-state index is 12.7. The van der Waals surface area contributed by atoms with Gasteiger partial charge in [0.15, 0.2) is 0 Å². The molecular weight excluding hydrogens is 370 g/mol. The van der Waals surface area contributed by atoms with Crippen LogP contribution in [-0.2, 0) is 27.6 Å².